The zero-order valence-electron chi connectivity index (χ0n) is 16.4. The van der Waals surface area contributed by atoms with E-state index >= 15 is 0 Å². The minimum atomic E-state index is -0.226. The van der Waals surface area contributed by atoms with Gasteiger partial charge in [0.25, 0.3) is 0 Å². The maximum Gasteiger partial charge on any atom is 0.191 e. The quantitative estimate of drug-likeness (QED) is 0.178. The molecule has 0 unspecified atom stereocenters. The Morgan fingerprint density at radius 3 is 2.87 bits per heavy atom. The Morgan fingerprint density at radius 2 is 2.07 bits per heavy atom. The molecule has 0 saturated heterocycles. The molecule has 9 heteroatoms. The lowest BCUT2D eigenvalue weighted by atomic mass is 10.1. The zero-order valence-corrected chi connectivity index (χ0v) is 18.8. The number of guanidine groups is 1. The van der Waals surface area contributed by atoms with Crippen molar-refractivity contribution in [2.24, 2.45) is 4.99 Å². The van der Waals surface area contributed by atoms with Crippen molar-refractivity contribution in [3.8, 4) is 11.4 Å². The van der Waals surface area contributed by atoms with Gasteiger partial charge in [-0.05, 0) is 41.8 Å². The molecule has 0 bridgehead atoms. The van der Waals surface area contributed by atoms with Crippen molar-refractivity contribution in [2.45, 2.75) is 13.0 Å². The largest absolute Gasteiger partial charge is 0.361 e. The van der Waals surface area contributed by atoms with E-state index in [1.54, 1.807) is 19.2 Å². The van der Waals surface area contributed by atoms with Crippen LogP contribution in [0, 0.1) is 5.82 Å². The molecule has 4 aromatic rings. The van der Waals surface area contributed by atoms with Gasteiger partial charge < -0.3 is 15.6 Å². The Balaban J connectivity index is 0.00000256. The molecule has 2 aromatic carbocycles. The minimum absolute atomic E-state index is 0. The second-order valence-electron chi connectivity index (χ2n) is 6.64. The van der Waals surface area contributed by atoms with Gasteiger partial charge in [0.2, 0.25) is 0 Å². The van der Waals surface area contributed by atoms with Crippen molar-refractivity contribution in [3.63, 3.8) is 0 Å². The van der Waals surface area contributed by atoms with Crippen LogP contribution in [0.4, 0.5) is 4.39 Å². The summed E-state index contributed by atoms with van der Waals surface area (Å²) in [4.78, 5) is 11.6. The molecule has 0 aliphatic rings. The van der Waals surface area contributed by atoms with Gasteiger partial charge in [-0.2, -0.15) is 5.10 Å². The van der Waals surface area contributed by atoms with E-state index in [1.165, 1.54) is 12.4 Å². The van der Waals surface area contributed by atoms with Crippen molar-refractivity contribution in [3.05, 3.63) is 71.9 Å². The minimum Gasteiger partial charge on any atom is -0.361 e. The van der Waals surface area contributed by atoms with E-state index < -0.39 is 0 Å². The average Bonchev–Trinajstić information content (AvgIpc) is 3.41. The Labute approximate surface area is 190 Å². The first-order chi connectivity index (χ1) is 14.2. The van der Waals surface area contributed by atoms with Crippen LogP contribution in [0.2, 0.25) is 0 Å². The number of nitrogens with zero attached hydrogens (tertiary/aromatic N) is 3. The van der Waals surface area contributed by atoms with Gasteiger partial charge in [0.05, 0.1) is 0 Å². The molecule has 0 aliphatic carbocycles. The van der Waals surface area contributed by atoms with E-state index in [9.17, 15) is 4.39 Å². The Kier molecular flexibility index (Phi) is 7.39. The molecule has 2 aromatic heterocycles. The lowest BCUT2D eigenvalue weighted by Crippen LogP contribution is -2.37. The summed E-state index contributed by atoms with van der Waals surface area (Å²) in [5.41, 5.74) is 4.10. The Bertz CT molecular complexity index is 1120. The molecule has 30 heavy (non-hydrogen) atoms. The van der Waals surface area contributed by atoms with E-state index in [-0.39, 0.29) is 29.8 Å². The Hall–Kier alpha value is -2.95. The number of aromatic nitrogens is 4. The lowest BCUT2D eigenvalue weighted by molar-refractivity contribution is 0.629. The third-order valence-corrected chi connectivity index (χ3v) is 4.72. The average molecular weight is 519 g/mol. The molecule has 0 aliphatic heterocycles. The van der Waals surface area contributed by atoms with E-state index in [0.717, 1.165) is 39.8 Å². The van der Waals surface area contributed by atoms with Crippen molar-refractivity contribution >= 4 is 40.8 Å². The maximum absolute atomic E-state index is 13.5. The molecule has 4 rings (SSSR count). The van der Waals surface area contributed by atoms with E-state index in [0.29, 0.717) is 19.0 Å². The van der Waals surface area contributed by atoms with Crippen LogP contribution in [0.5, 0.6) is 0 Å². The van der Waals surface area contributed by atoms with Gasteiger partial charge in [0.15, 0.2) is 11.8 Å². The predicted octanol–water partition coefficient (Wildman–Crippen LogP) is 3.62. The molecular formula is C21H23FIN7. The summed E-state index contributed by atoms with van der Waals surface area (Å²) in [6.07, 6.45) is 4.18. The van der Waals surface area contributed by atoms with Crippen LogP contribution in [-0.2, 0) is 13.0 Å². The van der Waals surface area contributed by atoms with Gasteiger partial charge in [0, 0.05) is 42.8 Å². The van der Waals surface area contributed by atoms with Gasteiger partial charge in [-0.1, -0.05) is 18.2 Å². The van der Waals surface area contributed by atoms with Gasteiger partial charge in [0.1, 0.15) is 12.1 Å². The number of nitrogens with one attached hydrogen (secondary N) is 4. The topological polar surface area (TPSA) is 93.8 Å². The second kappa shape index (κ2) is 10.2. The number of fused-ring (bicyclic) bond motifs is 1. The van der Waals surface area contributed by atoms with Gasteiger partial charge in [-0.15, -0.1) is 24.0 Å². The van der Waals surface area contributed by atoms with Crippen LogP contribution in [0.3, 0.4) is 0 Å². The lowest BCUT2D eigenvalue weighted by Gasteiger charge is -2.12. The van der Waals surface area contributed by atoms with E-state index in [2.05, 4.69) is 41.9 Å². The number of aliphatic imine (C=N–C) groups is 1. The molecule has 0 radical (unpaired) electrons. The van der Waals surface area contributed by atoms with Crippen LogP contribution in [0.1, 0.15) is 11.1 Å². The van der Waals surface area contributed by atoms with Gasteiger partial charge in [-0.25, -0.2) is 9.37 Å². The Morgan fingerprint density at radius 1 is 1.17 bits per heavy atom. The number of benzene rings is 2. The standard InChI is InChI=1S/C21H22FN7.HI/c1-23-21(24-8-7-16-12-25-19-6-5-17(22)10-18(16)19)26-11-14-3-2-4-15(9-14)20-27-13-28-29-20;/h2-6,9-10,12-13,25H,7-8,11H2,1H3,(H2,23,24,26)(H,27,28,29);1H. The zero-order chi connectivity index (χ0) is 20.1. The summed E-state index contributed by atoms with van der Waals surface area (Å²) in [6, 6.07) is 12.9. The molecular weight excluding hydrogens is 496 g/mol. The molecule has 4 N–H and O–H groups in total. The number of H-pyrrole nitrogens is 2. The fraction of sp³-hybridized carbons (Fsp3) is 0.190. The van der Waals surface area contributed by atoms with Crippen LogP contribution >= 0.6 is 24.0 Å². The highest BCUT2D eigenvalue weighted by Gasteiger charge is 2.06. The molecule has 0 fully saturated rings. The normalized spacial score (nSPS) is 11.3. The molecule has 156 valence electrons. The number of aromatic amines is 2. The van der Waals surface area contributed by atoms with Crippen LogP contribution in [0.25, 0.3) is 22.3 Å². The molecule has 0 amide bonds. The third-order valence-electron chi connectivity index (χ3n) is 4.72. The highest BCUT2D eigenvalue weighted by Crippen LogP contribution is 2.19. The van der Waals surface area contributed by atoms with Crippen LogP contribution in [-0.4, -0.2) is 39.7 Å². The van der Waals surface area contributed by atoms with Crippen molar-refractivity contribution in [1.82, 2.24) is 30.8 Å². The summed E-state index contributed by atoms with van der Waals surface area (Å²) in [5, 5.41) is 14.3. The molecule has 0 spiro atoms. The third kappa shape index (κ3) is 5.15. The highest BCUT2D eigenvalue weighted by atomic mass is 127. The number of rotatable bonds is 6. The van der Waals surface area contributed by atoms with Crippen molar-refractivity contribution in [2.75, 3.05) is 13.6 Å². The van der Waals surface area contributed by atoms with Crippen molar-refractivity contribution < 1.29 is 4.39 Å². The summed E-state index contributed by atoms with van der Waals surface area (Å²) < 4.78 is 13.5. The molecule has 0 atom stereocenters. The second-order valence-corrected chi connectivity index (χ2v) is 6.64. The predicted molar refractivity (Wildman–Crippen MR) is 127 cm³/mol. The van der Waals surface area contributed by atoms with E-state index in [4.69, 9.17) is 0 Å². The SMILES string of the molecule is CN=C(NCCc1c[nH]c2ccc(F)cc12)NCc1cccc(-c2ncn[nH]2)c1.I. The maximum atomic E-state index is 13.5. The van der Waals surface area contributed by atoms with E-state index in [1.807, 2.05) is 24.4 Å². The fourth-order valence-electron chi connectivity index (χ4n) is 3.25. The summed E-state index contributed by atoms with van der Waals surface area (Å²) in [6.45, 7) is 1.31. The smallest absolute Gasteiger partial charge is 0.191 e. The fourth-order valence-corrected chi connectivity index (χ4v) is 3.25. The van der Waals surface area contributed by atoms with Gasteiger partial charge >= 0.3 is 0 Å². The van der Waals surface area contributed by atoms with Crippen LogP contribution in [0.15, 0.2) is 60.0 Å². The van der Waals surface area contributed by atoms with Gasteiger partial charge in [-0.3, -0.25) is 10.1 Å². The monoisotopic (exact) mass is 519 g/mol. The first-order valence-corrected chi connectivity index (χ1v) is 9.37. The summed E-state index contributed by atoms with van der Waals surface area (Å²) >= 11 is 0. The number of hydrogen-bond donors (Lipinski definition) is 4. The van der Waals surface area contributed by atoms with Crippen LogP contribution < -0.4 is 10.6 Å². The highest BCUT2D eigenvalue weighted by molar-refractivity contribution is 14.0. The molecule has 2 heterocycles. The summed E-state index contributed by atoms with van der Waals surface area (Å²) in [5.74, 6) is 1.22. The first kappa shape index (κ1) is 21.8. The van der Waals surface area contributed by atoms with Crippen molar-refractivity contribution in [1.29, 1.82) is 0 Å². The molecule has 0 saturated carbocycles. The summed E-state index contributed by atoms with van der Waals surface area (Å²) in [7, 11) is 1.74. The molecule has 7 nitrogen and oxygen atoms in total. The number of hydrogen-bond acceptors (Lipinski definition) is 3. The first-order valence-electron chi connectivity index (χ1n) is 9.37. The number of halogens is 2.